The minimum Gasteiger partial charge on any atom is -0.327 e. The number of fused-ring (bicyclic) bond motifs is 3. The highest BCUT2D eigenvalue weighted by molar-refractivity contribution is 14.1. The SMILES string of the molecule is Cn1c2ccccc2c2nnc(N/N=C/c3cccc(I)c3)nc21. The number of nitrogens with zero attached hydrogens (tertiary/aromatic N) is 5. The molecule has 1 N–H and O–H groups in total. The highest BCUT2D eigenvalue weighted by atomic mass is 127. The van der Waals surface area contributed by atoms with Crippen LogP contribution in [0, 0.1) is 3.57 Å². The van der Waals surface area contributed by atoms with E-state index in [0.29, 0.717) is 5.95 Å². The minimum atomic E-state index is 0.371. The van der Waals surface area contributed by atoms with Gasteiger partial charge >= 0.3 is 0 Å². The molecular formula is C17H13IN6. The molecule has 4 rings (SSSR count). The van der Waals surface area contributed by atoms with E-state index in [2.05, 4.69) is 48.3 Å². The Morgan fingerprint density at radius 2 is 2.00 bits per heavy atom. The Morgan fingerprint density at radius 1 is 1.12 bits per heavy atom. The lowest BCUT2D eigenvalue weighted by Crippen LogP contribution is -2.00. The Labute approximate surface area is 151 Å². The molecule has 0 aliphatic rings. The number of hydrogen-bond acceptors (Lipinski definition) is 5. The molecule has 0 atom stereocenters. The van der Waals surface area contributed by atoms with Crippen molar-refractivity contribution in [3.8, 4) is 0 Å². The molecule has 0 aliphatic heterocycles. The number of aryl methyl sites for hydroxylation is 1. The first-order chi connectivity index (χ1) is 11.7. The maximum absolute atomic E-state index is 4.52. The van der Waals surface area contributed by atoms with Crippen molar-refractivity contribution in [2.75, 3.05) is 5.43 Å². The second-order valence-electron chi connectivity index (χ2n) is 5.31. The third kappa shape index (κ3) is 2.71. The average molecular weight is 428 g/mol. The summed E-state index contributed by atoms with van der Waals surface area (Å²) in [5.41, 5.74) is 6.50. The van der Waals surface area contributed by atoms with Gasteiger partial charge in [-0.1, -0.05) is 30.3 Å². The summed E-state index contributed by atoms with van der Waals surface area (Å²) in [5.74, 6) is 0.371. The maximum atomic E-state index is 4.52. The molecule has 0 amide bonds. The van der Waals surface area contributed by atoms with Crippen molar-refractivity contribution in [1.82, 2.24) is 19.7 Å². The number of halogens is 1. The molecule has 118 valence electrons. The standard InChI is InChI=1S/C17H13IN6/c1-24-14-8-3-2-7-13(14)15-16(24)20-17(23-21-15)22-19-10-11-5-4-6-12(18)9-11/h2-10H,1H3,(H,20,22,23)/b19-10+. The molecule has 0 radical (unpaired) electrons. The molecule has 2 heterocycles. The summed E-state index contributed by atoms with van der Waals surface area (Å²) in [6, 6.07) is 16.1. The third-order valence-corrected chi connectivity index (χ3v) is 4.40. The molecule has 0 saturated carbocycles. The summed E-state index contributed by atoms with van der Waals surface area (Å²) in [7, 11) is 1.97. The zero-order valence-electron chi connectivity index (χ0n) is 12.8. The van der Waals surface area contributed by atoms with E-state index >= 15 is 0 Å². The van der Waals surface area contributed by atoms with Crippen LogP contribution in [0.3, 0.4) is 0 Å². The van der Waals surface area contributed by atoms with Crippen LogP contribution in [-0.4, -0.2) is 26.0 Å². The monoisotopic (exact) mass is 428 g/mol. The summed E-state index contributed by atoms with van der Waals surface area (Å²) >= 11 is 2.27. The van der Waals surface area contributed by atoms with Crippen molar-refractivity contribution in [1.29, 1.82) is 0 Å². The van der Waals surface area contributed by atoms with E-state index in [1.165, 1.54) is 0 Å². The Hall–Kier alpha value is -2.55. The molecule has 2 aromatic heterocycles. The molecule has 0 saturated heterocycles. The van der Waals surface area contributed by atoms with Gasteiger partial charge in [0, 0.05) is 16.0 Å². The molecule has 0 fully saturated rings. The zero-order chi connectivity index (χ0) is 16.5. The van der Waals surface area contributed by atoms with Gasteiger partial charge in [0.1, 0.15) is 5.52 Å². The molecule has 4 aromatic rings. The number of benzene rings is 2. The highest BCUT2D eigenvalue weighted by Crippen LogP contribution is 2.24. The quantitative estimate of drug-likeness (QED) is 0.308. The molecule has 0 bridgehead atoms. The van der Waals surface area contributed by atoms with Crippen LogP contribution in [-0.2, 0) is 7.05 Å². The lowest BCUT2D eigenvalue weighted by atomic mass is 10.2. The number of hydrogen-bond donors (Lipinski definition) is 1. The highest BCUT2D eigenvalue weighted by Gasteiger charge is 2.11. The van der Waals surface area contributed by atoms with E-state index in [9.17, 15) is 0 Å². The van der Waals surface area contributed by atoms with Gasteiger partial charge in [0.05, 0.1) is 11.7 Å². The molecule has 0 unspecified atom stereocenters. The zero-order valence-corrected chi connectivity index (χ0v) is 15.0. The summed E-state index contributed by atoms with van der Waals surface area (Å²) in [6.07, 6.45) is 1.73. The molecule has 7 heteroatoms. The van der Waals surface area contributed by atoms with Crippen LogP contribution in [0.1, 0.15) is 5.56 Å². The lowest BCUT2D eigenvalue weighted by molar-refractivity contribution is 0.949. The molecular weight excluding hydrogens is 415 g/mol. The number of hydrazone groups is 1. The fourth-order valence-electron chi connectivity index (χ4n) is 2.61. The number of aromatic nitrogens is 4. The fraction of sp³-hybridized carbons (Fsp3) is 0.0588. The fourth-order valence-corrected chi connectivity index (χ4v) is 3.17. The van der Waals surface area contributed by atoms with Crippen molar-refractivity contribution >= 4 is 56.8 Å². The molecule has 0 aliphatic carbocycles. The van der Waals surface area contributed by atoms with Crippen LogP contribution in [0.5, 0.6) is 0 Å². The summed E-state index contributed by atoms with van der Waals surface area (Å²) in [4.78, 5) is 4.52. The Balaban J connectivity index is 1.66. The van der Waals surface area contributed by atoms with Gasteiger partial charge in [-0.05, 0) is 46.4 Å². The minimum absolute atomic E-state index is 0.371. The van der Waals surface area contributed by atoms with Gasteiger partial charge in [-0.15, -0.1) is 10.2 Å². The Bertz CT molecular complexity index is 1070. The molecule has 0 spiro atoms. The largest absolute Gasteiger partial charge is 0.327 e. The normalized spacial score (nSPS) is 11.6. The Kier molecular flexibility index (Phi) is 3.85. The lowest BCUT2D eigenvalue weighted by Gasteiger charge is -1.99. The van der Waals surface area contributed by atoms with E-state index in [1.54, 1.807) is 6.21 Å². The van der Waals surface area contributed by atoms with Crippen LogP contribution in [0.2, 0.25) is 0 Å². The van der Waals surface area contributed by atoms with Crippen molar-refractivity contribution < 1.29 is 0 Å². The average Bonchev–Trinajstić information content (AvgIpc) is 2.88. The van der Waals surface area contributed by atoms with Gasteiger partial charge in [0.2, 0.25) is 0 Å². The summed E-state index contributed by atoms with van der Waals surface area (Å²) in [6.45, 7) is 0. The molecule has 2 aromatic carbocycles. The Morgan fingerprint density at radius 3 is 2.88 bits per heavy atom. The van der Waals surface area contributed by atoms with Crippen LogP contribution in [0.25, 0.3) is 22.1 Å². The van der Waals surface area contributed by atoms with Crippen molar-refractivity contribution in [3.63, 3.8) is 0 Å². The number of nitrogens with one attached hydrogen (secondary N) is 1. The number of rotatable bonds is 3. The number of para-hydroxylation sites is 1. The van der Waals surface area contributed by atoms with E-state index < -0.39 is 0 Å². The second kappa shape index (κ2) is 6.16. The first-order valence-corrected chi connectivity index (χ1v) is 8.43. The number of anilines is 1. The smallest absolute Gasteiger partial charge is 0.265 e. The first kappa shape index (κ1) is 15.0. The van der Waals surface area contributed by atoms with Gasteiger partial charge in [-0.2, -0.15) is 10.1 Å². The third-order valence-electron chi connectivity index (χ3n) is 3.73. The van der Waals surface area contributed by atoms with Crippen molar-refractivity contribution in [3.05, 3.63) is 57.7 Å². The van der Waals surface area contributed by atoms with Crippen LogP contribution >= 0.6 is 22.6 Å². The predicted octanol–water partition coefficient (Wildman–Crippen LogP) is 3.57. The van der Waals surface area contributed by atoms with Crippen LogP contribution in [0.4, 0.5) is 5.95 Å². The summed E-state index contributed by atoms with van der Waals surface area (Å²) in [5, 5.41) is 13.7. The van der Waals surface area contributed by atoms with E-state index in [-0.39, 0.29) is 0 Å². The van der Waals surface area contributed by atoms with Gasteiger partial charge in [-0.3, -0.25) is 0 Å². The van der Waals surface area contributed by atoms with Crippen molar-refractivity contribution in [2.24, 2.45) is 12.1 Å². The van der Waals surface area contributed by atoms with Crippen molar-refractivity contribution in [2.45, 2.75) is 0 Å². The maximum Gasteiger partial charge on any atom is 0.265 e. The second-order valence-corrected chi connectivity index (χ2v) is 6.55. The van der Waals surface area contributed by atoms with Gasteiger partial charge in [-0.25, -0.2) is 5.43 Å². The van der Waals surface area contributed by atoms with Gasteiger partial charge in [0.15, 0.2) is 5.65 Å². The van der Waals surface area contributed by atoms with E-state index in [0.717, 1.165) is 31.2 Å². The van der Waals surface area contributed by atoms with Gasteiger partial charge in [0.25, 0.3) is 5.95 Å². The molecule has 24 heavy (non-hydrogen) atoms. The van der Waals surface area contributed by atoms with Gasteiger partial charge < -0.3 is 4.57 Å². The van der Waals surface area contributed by atoms with E-state index in [1.807, 2.05) is 60.1 Å². The molecule has 6 nitrogen and oxygen atoms in total. The van der Waals surface area contributed by atoms with Crippen LogP contribution < -0.4 is 5.43 Å². The first-order valence-electron chi connectivity index (χ1n) is 7.35. The topological polar surface area (TPSA) is 68.0 Å². The van der Waals surface area contributed by atoms with Crippen LogP contribution in [0.15, 0.2) is 53.6 Å². The van der Waals surface area contributed by atoms with E-state index in [4.69, 9.17) is 0 Å². The summed E-state index contributed by atoms with van der Waals surface area (Å²) < 4.78 is 3.17. The predicted molar refractivity (Wildman–Crippen MR) is 104 cm³/mol.